The fraction of sp³-hybridized carbons (Fsp3) is 0.143. The maximum Gasteiger partial charge on any atom is 0.262 e. The zero-order valence-electron chi connectivity index (χ0n) is 10.7. The van der Waals surface area contributed by atoms with Gasteiger partial charge in [0.1, 0.15) is 5.75 Å². The molecule has 0 saturated carbocycles. The Bertz CT molecular complexity index is 643. The van der Waals surface area contributed by atoms with E-state index in [1.165, 1.54) is 0 Å². The van der Waals surface area contributed by atoms with Gasteiger partial charge in [0.15, 0.2) is 6.61 Å². The van der Waals surface area contributed by atoms with Crippen LogP contribution in [0.25, 0.3) is 0 Å². The fourth-order valence-corrected chi connectivity index (χ4v) is 1.98. The van der Waals surface area contributed by atoms with Gasteiger partial charge in [-0.1, -0.05) is 6.07 Å². The van der Waals surface area contributed by atoms with Gasteiger partial charge in [-0.2, -0.15) is 0 Å². The highest BCUT2D eigenvalue weighted by Gasteiger charge is 2.17. The number of carbonyl (C=O) groups is 1. The molecule has 102 valence electrons. The molecule has 0 bridgehead atoms. The van der Waals surface area contributed by atoms with Crippen molar-refractivity contribution < 1.29 is 9.53 Å². The second-order valence-electron chi connectivity index (χ2n) is 4.45. The van der Waals surface area contributed by atoms with E-state index in [0.29, 0.717) is 23.7 Å². The molecule has 0 aliphatic carbocycles. The lowest BCUT2D eigenvalue weighted by Crippen LogP contribution is -2.25. The summed E-state index contributed by atoms with van der Waals surface area (Å²) in [5, 5.41) is 5.95. The Kier molecular flexibility index (Phi) is 3.12. The third kappa shape index (κ3) is 2.49. The van der Waals surface area contributed by atoms with Crippen molar-refractivity contribution in [3.63, 3.8) is 0 Å². The van der Waals surface area contributed by atoms with Crippen LogP contribution in [0, 0.1) is 0 Å². The Morgan fingerprint density at radius 1 is 1.40 bits per heavy atom. The summed E-state index contributed by atoms with van der Waals surface area (Å²) in [5.74, 6) is 0.420. The Morgan fingerprint density at radius 2 is 2.30 bits per heavy atom. The quantitative estimate of drug-likeness (QED) is 0.737. The molecule has 0 saturated heterocycles. The molecule has 0 radical (unpaired) electrons. The molecule has 0 fully saturated rings. The molecule has 0 unspecified atom stereocenters. The first-order chi connectivity index (χ1) is 9.72. The number of nitrogen functional groups attached to an aromatic ring is 1. The molecular formula is C14H14N4O2. The number of aromatic nitrogens is 1. The summed E-state index contributed by atoms with van der Waals surface area (Å²) in [6, 6.07) is 9.19. The maximum absolute atomic E-state index is 11.3. The summed E-state index contributed by atoms with van der Waals surface area (Å²) in [6.07, 6.45) is 1.74. The van der Waals surface area contributed by atoms with Crippen LogP contribution in [0.15, 0.2) is 36.5 Å². The second-order valence-corrected chi connectivity index (χ2v) is 4.45. The summed E-state index contributed by atoms with van der Waals surface area (Å²) < 4.78 is 5.30. The zero-order chi connectivity index (χ0) is 13.9. The van der Waals surface area contributed by atoms with E-state index < -0.39 is 0 Å². The Hall–Kier alpha value is -2.76. The Balaban J connectivity index is 1.80. The predicted octanol–water partition coefficient (Wildman–Crippen LogP) is 1.61. The zero-order valence-corrected chi connectivity index (χ0v) is 10.7. The third-order valence-corrected chi connectivity index (χ3v) is 2.97. The van der Waals surface area contributed by atoms with Crippen molar-refractivity contribution in [3.8, 4) is 5.75 Å². The lowest BCUT2D eigenvalue weighted by Gasteiger charge is -2.20. The van der Waals surface area contributed by atoms with Crippen molar-refractivity contribution >= 4 is 23.0 Å². The van der Waals surface area contributed by atoms with Crippen molar-refractivity contribution in [1.29, 1.82) is 0 Å². The number of nitrogens with two attached hydrogens (primary N) is 1. The van der Waals surface area contributed by atoms with Gasteiger partial charge in [-0.25, -0.2) is 0 Å². The van der Waals surface area contributed by atoms with Crippen LogP contribution in [0.5, 0.6) is 5.75 Å². The van der Waals surface area contributed by atoms with E-state index in [9.17, 15) is 4.79 Å². The predicted molar refractivity (Wildman–Crippen MR) is 76.5 cm³/mol. The summed E-state index contributed by atoms with van der Waals surface area (Å²) in [6.45, 7) is 0.575. The van der Waals surface area contributed by atoms with Crippen molar-refractivity contribution in [2.75, 3.05) is 23.0 Å². The molecule has 0 spiro atoms. The molecule has 1 aliphatic rings. The number of pyridine rings is 1. The summed E-state index contributed by atoms with van der Waals surface area (Å²) in [5.41, 5.74) is 8.80. The SMILES string of the molecule is Nc1cc2c(cc1NCc1ccccn1)NC(=O)CO2. The van der Waals surface area contributed by atoms with Gasteiger partial charge in [0.2, 0.25) is 0 Å². The lowest BCUT2D eigenvalue weighted by molar-refractivity contribution is -0.118. The third-order valence-electron chi connectivity index (χ3n) is 2.97. The van der Waals surface area contributed by atoms with Gasteiger partial charge in [0.25, 0.3) is 5.91 Å². The molecular weight excluding hydrogens is 256 g/mol. The van der Waals surface area contributed by atoms with E-state index in [4.69, 9.17) is 10.5 Å². The van der Waals surface area contributed by atoms with Crippen LogP contribution in [0.1, 0.15) is 5.69 Å². The van der Waals surface area contributed by atoms with Crippen molar-refractivity contribution in [1.82, 2.24) is 4.98 Å². The van der Waals surface area contributed by atoms with E-state index in [-0.39, 0.29) is 12.5 Å². The van der Waals surface area contributed by atoms with E-state index in [0.717, 1.165) is 11.4 Å². The molecule has 3 rings (SSSR count). The molecule has 1 aromatic heterocycles. The number of amides is 1. The molecule has 6 nitrogen and oxygen atoms in total. The monoisotopic (exact) mass is 270 g/mol. The number of hydrogen-bond donors (Lipinski definition) is 3. The Labute approximate surface area is 116 Å². The fourth-order valence-electron chi connectivity index (χ4n) is 1.98. The number of fused-ring (bicyclic) bond motifs is 1. The molecule has 0 atom stereocenters. The van der Waals surface area contributed by atoms with Crippen LogP contribution in [-0.4, -0.2) is 17.5 Å². The smallest absolute Gasteiger partial charge is 0.262 e. The number of nitrogens with zero attached hydrogens (tertiary/aromatic N) is 1. The van der Waals surface area contributed by atoms with Gasteiger partial charge in [-0.3, -0.25) is 9.78 Å². The van der Waals surface area contributed by atoms with Crippen molar-refractivity contribution in [3.05, 3.63) is 42.2 Å². The summed E-state index contributed by atoms with van der Waals surface area (Å²) in [7, 11) is 0. The number of hydrogen-bond acceptors (Lipinski definition) is 5. The van der Waals surface area contributed by atoms with Gasteiger partial charge in [-0.15, -0.1) is 0 Å². The number of rotatable bonds is 3. The van der Waals surface area contributed by atoms with Crippen LogP contribution in [0.4, 0.5) is 17.1 Å². The van der Waals surface area contributed by atoms with Gasteiger partial charge in [-0.05, 0) is 18.2 Å². The first-order valence-electron chi connectivity index (χ1n) is 6.22. The normalized spacial score (nSPS) is 13.1. The van der Waals surface area contributed by atoms with Crippen LogP contribution in [-0.2, 0) is 11.3 Å². The molecule has 1 aliphatic heterocycles. The summed E-state index contributed by atoms with van der Waals surface area (Å²) >= 11 is 0. The van der Waals surface area contributed by atoms with Crippen LogP contribution in [0.3, 0.4) is 0 Å². The van der Waals surface area contributed by atoms with Crippen LogP contribution in [0.2, 0.25) is 0 Å². The average Bonchev–Trinajstić information content (AvgIpc) is 2.46. The molecule has 1 aromatic carbocycles. The number of anilines is 3. The van der Waals surface area contributed by atoms with Crippen molar-refractivity contribution in [2.24, 2.45) is 0 Å². The van der Waals surface area contributed by atoms with Gasteiger partial charge >= 0.3 is 0 Å². The van der Waals surface area contributed by atoms with Gasteiger partial charge in [0.05, 0.1) is 29.3 Å². The first-order valence-corrected chi connectivity index (χ1v) is 6.22. The Morgan fingerprint density at radius 3 is 3.10 bits per heavy atom. The first kappa shape index (κ1) is 12.3. The molecule has 2 aromatic rings. The molecule has 6 heteroatoms. The van der Waals surface area contributed by atoms with Gasteiger partial charge in [0, 0.05) is 12.3 Å². The average molecular weight is 270 g/mol. The standard InChI is InChI=1S/C14H14N4O2/c15-10-5-13-12(18-14(19)8-20-13)6-11(10)17-7-9-3-1-2-4-16-9/h1-6,17H,7-8,15H2,(H,18,19). The lowest BCUT2D eigenvalue weighted by atomic mass is 10.2. The van der Waals surface area contributed by atoms with E-state index in [1.54, 1.807) is 18.3 Å². The number of carbonyl (C=O) groups excluding carboxylic acids is 1. The number of nitrogens with one attached hydrogen (secondary N) is 2. The van der Waals surface area contributed by atoms with Gasteiger partial charge < -0.3 is 21.1 Å². The number of benzene rings is 1. The topological polar surface area (TPSA) is 89.3 Å². The number of ether oxygens (including phenoxy) is 1. The highest BCUT2D eigenvalue weighted by Crippen LogP contribution is 2.35. The van der Waals surface area contributed by atoms with E-state index in [2.05, 4.69) is 15.6 Å². The molecule has 4 N–H and O–H groups in total. The highest BCUT2D eigenvalue weighted by atomic mass is 16.5. The van der Waals surface area contributed by atoms with Crippen molar-refractivity contribution in [2.45, 2.75) is 6.54 Å². The van der Waals surface area contributed by atoms with Crippen LogP contribution < -0.4 is 21.1 Å². The highest BCUT2D eigenvalue weighted by molar-refractivity contribution is 5.97. The minimum absolute atomic E-state index is 0.0210. The minimum atomic E-state index is -0.169. The second kappa shape index (κ2) is 5.08. The largest absolute Gasteiger partial charge is 0.482 e. The summed E-state index contributed by atoms with van der Waals surface area (Å²) in [4.78, 5) is 15.5. The molecule has 1 amide bonds. The molecule has 2 heterocycles. The maximum atomic E-state index is 11.3. The molecule has 20 heavy (non-hydrogen) atoms. The van der Waals surface area contributed by atoms with E-state index in [1.807, 2.05) is 18.2 Å². The van der Waals surface area contributed by atoms with Crippen LogP contribution >= 0.6 is 0 Å². The minimum Gasteiger partial charge on any atom is -0.482 e. The van der Waals surface area contributed by atoms with E-state index >= 15 is 0 Å².